The quantitative estimate of drug-likeness (QED) is 0.873. The van der Waals surface area contributed by atoms with E-state index in [0.29, 0.717) is 19.1 Å². The normalized spacial score (nSPS) is 22.3. The van der Waals surface area contributed by atoms with Crippen LogP contribution in [-0.2, 0) is 17.8 Å². The van der Waals surface area contributed by atoms with Crippen LogP contribution in [0.2, 0.25) is 0 Å². The molecule has 0 bridgehead atoms. The average molecular weight is 343 g/mol. The summed E-state index contributed by atoms with van der Waals surface area (Å²) in [6.45, 7) is 6.79. The van der Waals surface area contributed by atoms with Crippen LogP contribution < -0.4 is 14.8 Å². The molecule has 2 aromatic rings. The fraction of sp³-hybridized carbons (Fsp3) is 0.526. The molecule has 4 rings (SSSR count). The number of rotatable bonds is 6. The van der Waals surface area contributed by atoms with Crippen molar-refractivity contribution in [2.45, 2.75) is 32.5 Å². The number of nitrogens with one attached hydrogen (secondary N) is 1. The fourth-order valence-corrected chi connectivity index (χ4v) is 3.62. The van der Waals surface area contributed by atoms with Gasteiger partial charge in [-0.1, -0.05) is 6.07 Å². The lowest BCUT2D eigenvalue weighted by molar-refractivity contribution is 0.0830. The molecular formula is C19H25N3O3. The number of hydrogen-bond donors (Lipinski definition) is 1. The standard InChI is InChI=1S/C19H25N3O3/c1-2-22-16(5-7-21-22)19-15(6-8-25-19)13-20-12-14-3-4-17-18(11-14)24-10-9-23-17/h3-5,7,11,15,19-20H,2,6,8-10,12-13H2,1H3/t15-,19+/m0/s1. The smallest absolute Gasteiger partial charge is 0.161 e. The van der Waals surface area contributed by atoms with Gasteiger partial charge >= 0.3 is 0 Å². The monoisotopic (exact) mass is 343 g/mol. The molecule has 134 valence electrons. The molecule has 6 nitrogen and oxygen atoms in total. The maximum absolute atomic E-state index is 5.99. The van der Waals surface area contributed by atoms with Crippen LogP contribution >= 0.6 is 0 Å². The van der Waals surface area contributed by atoms with Gasteiger partial charge in [0.15, 0.2) is 11.5 Å². The fourth-order valence-electron chi connectivity index (χ4n) is 3.62. The highest BCUT2D eigenvalue weighted by molar-refractivity contribution is 5.43. The molecule has 25 heavy (non-hydrogen) atoms. The van der Waals surface area contributed by atoms with Crippen molar-refractivity contribution in [1.82, 2.24) is 15.1 Å². The molecule has 2 aliphatic heterocycles. The van der Waals surface area contributed by atoms with Crippen LogP contribution in [0.15, 0.2) is 30.5 Å². The van der Waals surface area contributed by atoms with E-state index < -0.39 is 0 Å². The van der Waals surface area contributed by atoms with Crippen molar-refractivity contribution in [2.24, 2.45) is 5.92 Å². The molecule has 2 aliphatic rings. The predicted molar refractivity (Wildman–Crippen MR) is 93.8 cm³/mol. The van der Waals surface area contributed by atoms with E-state index in [1.54, 1.807) is 0 Å². The number of benzene rings is 1. The number of nitrogens with zero attached hydrogens (tertiary/aromatic N) is 2. The topological polar surface area (TPSA) is 57.5 Å². The Morgan fingerprint density at radius 3 is 2.92 bits per heavy atom. The molecule has 0 amide bonds. The van der Waals surface area contributed by atoms with E-state index in [0.717, 1.165) is 44.2 Å². The molecule has 1 fully saturated rings. The number of aromatic nitrogens is 2. The lowest BCUT2D eigenvalue weighted by Crippen LogP contribution is -2.26. The first-order valence-corrected chi connectivity index (χ1v) is 9.07. The van der Waals surface area contributed by atoms with Crippen LogP contribution in [0.4, 0.5) is 0 Å². The molecule has 0 saturated carbocycles. The number of aryl methyl sites for hydroxylation is 1. The van der Waals surface area contributed by atoms with Crippen LogP contribution in [0.5, 0.6) is 11.5 Å². The van der Waals surface area contributed by atoms with Crippen molar-refractivity contribution in [1.29, 1.82) is 0 Å². The summed E-state index contributed by atoms with van der Waals surface area (Å²) < 4.78 is 19.2. The third-order valence-electron chi connectivity index (χ3n) is 4.90. The van der Waals surface area contributed by atoms with Crippen molar-refractivity contribution in [3.63, 3.8) is 0 Å². The van der Waals surface area contributed by atoms with E-state index in [4.69, 9.17) is 14.2 Å². The molecule has 3 heterocycles. The zero-order valence-electron chi connectivity index (χ0n) is 14.6. The molecule has 0 radical (unpaired) electrons. The Morgan fingerprint density at radius 2 is 2.04 bits per heavy atom. The summed E-state index contributed by atoms with van der Waals surface area (Å²) in [6.07, 6.45) is 3.07. The highest BCUT2D eigenvalue weighted by atomic mass is 16.6. The molecule has 0 spiro atoms. The van der Waals surface area contributed by atoms with E-state index in [2.05, 4.69) is 35.5 Å². The zero-order valence-corrected chi connectivity index (χ0v) is 14.6. The first kappa shape index (κ1) is 16.4. The summed E-state index contributed by atoms with van der Waals surface area (Å²) in [6, 6.07) is 8.23. The molecule has 2 atom stereocenters. The lowest BCUT2D eigenvalue weighted by Gasteiger charge is -2.21. The van der Waals surface area contributed by atoms with Crippen LogP contribution in [0.3, 0.4) is 0 Å². The average Bonchev–Trinajstić information content (AvgIpc) is 3.30. The second kappa shape index (κ2) is 7.45. The van der Waals surface area contributed by atoms with Gasteiger partial charge in [-0.3, -0.25) is 4.68 Å². The summed E-state index contributed by atoms with van der Waals surface area (Å²) in [5.74, 6) is 2.16. The first-order valence-electron chi connectivity index (χ1n) is 9.07. The van der Waals surface area contributed by atoms with E-state index in [9.17, 15) is 0 Å². The first-order chi connectivity index (χ1) is 12.3. The Labute approximate surface area is 148 Å². The maximum Gasteiger partial charge on any atom is 0.161 e. The second-order valence-corrected chi connectivity index (χ2v) is 6.52. The minimum Gasteiger partial charge on any atom is -0.486 e. The van der Waals surface area contributed by atoms with E-state index >= 15 is 0 Å². The third kappa shape index (κ3) is 3.50. The van der Waals surface area contributed by atoms with E-state index in [1.807, 2.05) is 16.9 Å². The van der Waals surface area contributed by atoms with Gasteiger partial charge in [0.25, 0.3) is 0 Å². The Balaban J connectivity index is 1.35. The predicted octanol–water partition coefficient (Wildman–Crippen LogP) is 2.54. The van der Waals surface area contributed by atoms with Crippen molar-refractivity contribution >= 4 is 0 Å². The lowest BCUT2D eigenvalue weighted by atomic mass is 9.98. The molecule has 1 saturated heterocycles. The highest BCUT2D eigenvalue weighted by Gasteiger charge is 2.31. The van der Waals surface area contributed by atoms with Gasteiger partial charge < -0.3 is 19.5 Å². The molecule has 0 aliphatic carbocycles. The van der Waals surface area contributed by atoms with Gasteiger partial charge in [0.1, 0.15) is 19.3 Å². The van der Waals surface area contributed by atoms with E-state index in [1.165, 1.54) is 11.3 Å². The molecular weight excluding hydrogens is 318 g/mol. The van der Waals surface area contributed by atoms with Crippen LogP contribution in [0.25, 0.3) is 0 Å². The summed E-state index contributed by atoms with van der Waals surface area (Å²) >= 11 is 0. The zero-order chi connectivity index (χ0) is 17.1. The van der Waals surface area contributed by atoms with Gasteiger partial charge in [-0.15, -0.1) is 0 Å². The molecule has 1 aromatic heterocycles. The van der Waals surface area contributed by atoms with Crippen LogP contribution in [-0.4, -0.2) is 36.1 Å². The Bertz CT molecular complexity index is 716. The van der Waals surface area contributed by atoms with Crippen LogP contribution in [0, 0.1) is 5.92 Å². The second-order valence-electron chi connectivity index (χ2n) is 6.52. The molecule has 0 unspecified atom stereocenters. The van der Waals surface area contributed by atoms with Crippen molar-refractivity contribution < 1.29 is 14.2 Å². The van der Waals surface area contributed by atoms with Crippen molar-refractivity contribution in [3.8, 4) is 11.5 Å². The number of ether oxygens (including phenoxy) is 3. The molecule has 1 N–H and O–H groups in total. The molecule has 1 aromatic carbocycles. The van der Waals surface area contributed by atoms with Crippen molar-refractivity contribution in [2.75, 3.05) is 26.4 Å². The summed E-state index contributed by atoms with van der Waals surface area (Å²) in [4.78, 5) is 0. The minimum absolute atomic E-state index is 0.134. The largest absolute Gasteiger partial charge is 0.486 e. The van der Waals surface area contributed by atoms with Crippen LogP contribution in [0.1, 0.15) is 30.7 Å². The Kier molecular flexibility index (Phi) is 4.90. The van der Waals surface area contributed by atoms with Gasteiger partial charge in [0.05, 0.1) is 5.69 Å². The summed E-state index contributed by atoms with van der Waals surface area (Å²) in [5, 5.41) is 7.95. The third-order valence-corrected chi connectivity index (χ3v) is 4.90. The Hall–Kier alpha value is -2.05. The highest BCUT2D eigenvalue weighted by Crippen LogP contribution is 2.34. The van der Waals surface area contributed by atoms with Gasteiger partial charge in [-0.05, 0) is 37.1 Å². The maximum atomic E-state index is 5.99. The van der Waals surface area contributed by atoms with Gasteiger partial charge in [0.2, 0.25) is 0 Å². The SMILES string of the molecule is CCn1nccc1[C@@H]1OCC[C@H]1CNCc1ccc2c(c1)OCCO2. The summed E-state index contributed by atoms with van der Waals surface area (Å²) in [7, 11) is 0. The minimum atomic E-state index is 0.134. The van der Waals surface area contributed by atoms with Crippen molar-refractivity contribution in [3.05, 3.63) is 41.7 Å². The molecule has 6 heteroatoms. The number of fused-ring (bicyclic) bond motifs is 1. The summed E-state index contributed by atoms with van der Waals surface area (Å²) in [5.41, 5.74) is 2.39. The van der Waals surface area contributed by atoms with Gasteiger partial charge in [-0.2, -0.15) is 5.10 Å². The number of hydrogen-bond acceptors (Lipinski definition) is 5. The van der Waals surface area contributed by atoms with Gasteiger partial charge in [-0.25, -0.2) is 0 Å². The van der Waals surface area contributed by atoms with Gasteiger partial charge in [0, 0.05) is 38.4 Å². The Morgan fingerprint density at radius 1 is 1.16 bits per heavy atom. The van der Waals surface area contributed by atoms with E-state index in [-0.39, 0.29) is 6.10 Å².